The Hall–Kier alpha value is -2.60. The molecule has 1 heterocycles. The van der Waals surface area contributed by atoms with Gasteiger partial charge in [-0.05, 0) is 5.92 Å². The highest BCUT2D eigenvalue weighted by Gasteiger charge is 2.25. The second-order valence-electron chi connectivity index (χ2n) is 6.48. The smallest absolute Gasteiger partial charge is 0.326 e. The lowest BCUT2D eigenvalue weighted by Gasteiger charge is -2.20. The maximum absolute atomic E-state index is 12.2. The number of carboxylic acid groups (broad SMARTS) is 1. The van der Waals surface area contributed by atoms with E-state index in [9.17, 15) is 19.2 Å². The number of hydrogen-bond acceptors (Lipinski definition) is 7. The molecule has 1 aromatic rings. The van der Waals surface area contributed by atoms with Crippen molar-refractivity contribution >= 4 is 36.3 Å². The lowest BCUT2D eigenvalue weighted by atomic mass is 10.1. The summed E-state index contributed by atoms with van der Waals surface area (Å²) in [5.41, 5.74) is 6.48. The summed E-state index contributed by atoms with van der Waals surface area (Å²) in [5.74, 6) is -3.35. The third kappa shape index (κ3) is 7.56. The number of carboxylic acids is 1. The van der Waals surface area contributed by atoms with Crippen LogP contribution in [0.3, 0.4) is 0 Å². The average molecular weight is 414 g/mol. The Morgan fingerprint density at radius 2 is 1.93 bits per heavy atom. The van der Waals surface area contributed by atoms with E-state index in [4.69, 9.17) is 10.8 Å². The van der Waals surface area contributed by atoms with E-state index in [0.717, 1.165) is 0 Å². The Labute approximate surface area is 167 Å². The van der Waals surface area contributed by atoms with Crippen molar-refractivity contribution in [3.05, 3.63) is 18.2 Å². The third-order valence-corrected chi connectivity index (χ3v) is 4.18. The van der Waals surface area contributed by atoms with Crippen LogP contribution in [0.25, 0.3) is 0 Å². The summed E-state index contributed by atoms with van der Waals surface area (Å²) in [6, 6.07) is -2.97. The molecule has 0 saturated carbocycles. The van der Waals surface area contributed by atoms with Crippen molar-refractivity contribution in [1.82, 2.24) is 25.9 Å². The summed E-state index contributed by atoms with van der Waals surface area (Å²) in [4.78, 5) is 53.9. The largest absolute Gasteiger partial charge is 0.480 e. The third-order valence-electron chi connectivity index (χ3n) is 3.82. The number of rotatable bonds is 11. The molecule has 156 valence electrons. The van der Waals surface area contributed by atoms with Crippen LogP contribution in [0.4, 0.5) is 0 Å². The minimum atomic E-state index is -1.17. The highest BCUT2D eigenvalue weighted by atomic mass is 32.1. The van der Waals surface area contributed by atoms with Gasteiger partial charge in [-0.2, -0.15) is 12.6 Å². The number of hydrogen-bond donors (Lipinski definition) is 7. The van der Waals surface area contributed by atoms with Gasteiger partial charge in [0.2, 0.25) is 17.7 Å². The molecule has 0 spiro atoms. The van der Waals surface area contributed by atoms with Crippen LogP contribution in [0.2, 0.25) is 0 Å². The molecule has 0 aliphatic carbocycles. The standard InChI is InChI=1S/C16H26N6O5S/c1-8(2)13(16(26)27)22-12(23)5-19-15(25)11(6-28)21-14(24)10(17)3-9-4-18-7-20-9/h4,7-8,10-11,13,28H,3,5-6,17H2,1-2H3,(H,18,20)(H,19,25)(H,21,24)(H,22,23)(H,26,27). The van der Waals surface area contributed by atoms with Gasteiger partial charge in [-0.25, -0.2) is 9.78 Å². The Balaban J connectivity index is 2.50. The van der Waals surface area contributed by atoms with Crippen LogP contribution in [0, 0.1) is 5.92 Å². The van der Waals surface area contributed by atoms with E-state index < -0.39 is 48.4 Å². The fourth-order valence-corrected chi connectivity index (χ4v) is 2.48. The van der Waals surface area contributed by atoms with E-state index in [1.807, 2.05) is 0 Å². The molecule has 12 heteroatoms. The average Bonchev–Trinajstić information content (AvgIpc) is 3.14. The molecule has 0 aliphatic heterocycles. The fourth-order valence-electron chi connectivity index (χ4n) is 2.23. The predicted molar refractivity (Wildman–Crippen MR) is 103 cm³/mol. The van der Waals surface area contributed by atoms with E-state index in [1.54, 1.807) is 13.8 Å². The zero-order valence-corrected chi connectivity index (χ0v) is 16.5. The molecule has 0 aromatic carbocycles. The van der Waals surface area contributed by atoms with Crippen LogP contribution in [0.5, 0.6) is 0 Å². The van der Waals surface area contributed by atoms with Crippen LogP contribution in [0.15, 0.2) is 12.5 Å². The zero-order chi connectivity index (χ0) is 21.3. The summed E-state index contributed by atoms with van der Waals surface area (Å²) in [6.07, 6.45) is 3.21. The molecule has 3 unspecified atom stereocenters. The molecule has 1 rings (SSSR count). The molecule has 1 aromatic heterocycles. The van der Waals surface area contributed by atoms with E-state index >= 15 is 0 Å². The number of nitrogens with two attached hydrogens (primary N) is 1. The number of thiol groups is 1. The Morgan fingerprint density at radius 3 is 2.43 bits per heavy atom. The van der Waals surface area contributed by atoms with E-state index in [1.165, 1.54) is 12.5 Å². The SMILES string of the molecule is CC(C)C(NC(=O)CNC(=O)C(CS)NC(=O)C(N)Cc1cnc[nH]1)C(=O)O. The van der Waals surface area contributed by atoms with Gasteiger partial charge in [0.05, 0.1) is 18.9 Å². The van der Waals surface area contributed by atoms with Crippen molar-refractivity contribution in [2.45, 2.75) is 38.4 Å². The molecule has 28 heavy (non-hydrogen) atoms. The van der Waals surface area contributed by atoms with Crippen molar-refractivity contribution < 1.29 is 24.3 Å². The number of carbonyl (C=O) groups excluding carboxylic acids is 3. The summed E-state index contributed by atoms with van der Waals surface area (Å²) in [5, 5.41) is 16.2. The molecule has 3 atom stereocenters. The second-order valence-corrected chi connectivity index (χ2v) is 6.84. The number of carbonyl (C=O) groups is 4. The van der Waals surface area contributed by atoms with Crippen molar-refractivity contribution in [3.8, 4) is 0 Å². The number of aliphatic carboxylic acids is 1. The van der Waals surface area contributed by atoms with E-state index in [0.29, 0.717) is 5.69 Å². The van der Waals surface area contributed by atoms with Crippen LogP contribution in [-0.4, -0.2) is 69.2 Å². The molecule has 0 saturated heterocycles. The molecule has 0 aliphatic rings. The van der Waals surface area contributed by atoms with Gasteiger partial charge in [0.1, 0.15) is 12.1 Å². The fraction of sp³-hybridized carbons (Fsp3) is 0.562. The number of aromatic amines is 1. The highest BCUT2D eigenvalue weighted by molar-refractivity contribution is 7.80. The summed E-state index contributed by atoms with van der Waals surface area (Å²) >= 11 is 4.03. The number of aromatic nitrogens is 2. The van der Waals surface area contributed by atoms with Crippen molar-refractivity contribution in [2.24, 2.45) is 11.7 Å². The van der Waals surface area contributed by atoms with Crippen LogP contribution in [-0.2, 0) is 25.6 Å². The van der Waals surface area contributed by atoms with Crippen molar-refractivity contribution in [2.75, 3.05) is 12.3 Å². The van der Waals surface area contributed by atoms with Gasteiger partial charge in [-0.3, -0.25) is 14.4 Å². The van der Waals surface area contributed by atoms with E-state index in [2.05, 4.69) is 38.5 Å². The maximum atomic E-state index is 12.2. The molecular formula is C16H26N6O5S. The molecule has 0 fully saturated rings. The second kappa shape index (κ2) is 11.3. The van der Waals surface area contributed by atoms with Crippen molar-refractivity contribution in [1.29, 1.82) is 0 Å². The maximum Gasteiger partial charge on any atom is 0.326 e. The van der Waals surface area contributed by atoms with Gasteiger partial charge in [-0.15, -0.1) is 0 Å². The van der Waals surface area contributed by atoms with Crippen LogP contribution >= 0.6 is 12.6 Å². The Bertz CT molecular complexity index is 681. The predicted octanol–water partition coefficient (Wildman–Crippen LogP) is -1.96. The topological polar surface area (TPSA) is 179 Å². The first-order chi connectivity index (χ1) is 13.1. The lowest BCUT2D eigenvalue weighted by Crippen LogP contribution is -2.54. The number of nitrogens with zero attached hydrogens (tertiary/aromatic N) is 1. The van der Waals surface area contributed by atoms with Crippen molar-refractivity contribution in [3.63, 3.8) is 0 Å². The number of nitrogens with one attached hydrogen (secondary N) is 4. The number of amides is 3. The molecule has 11 nitrogen and oxygen atoms in total. The Kier molecular flexibility index (Phi) is 9.45. The summed E-state index contributed by atoms with van der Waals surface area (Å²) in [7, 11) is 0. The monoisotopic (exact) mass is 414 g/mol. The minimum Gasteiger partial charge on any atom is -0.480 e. The lowest BCUT2D eigenvalue weighted by molar-refractivity contribution is -0.143. The first kappa shape index (κ1) is 23.4. The molecule has 0 radical (unpaired) electrons. The zero-order valence-electron chi connectivity index (χ0n) is 15.6. The van der Waals surface area contributed by atoms with Gasteiger partial charge in [0, 0.05) is 24.1 Å². The molecular weight excluding hydrogens is 388 g/mol. The van der Waals surface area contributed by atoms with Gasteiger partial charge < -0.3 is 31.8 Å². The van der Waals surface area contributed by atoms with Gasteiger partial charge in [0.15, 0.2) is 0 Å². The van der Waals surface area contributed by atoms with Gasteiger partial charge in [-0.1, -0.05) is 13.8 Å². The number of imidazole rings is 1. The first-order valence-electron chi connectivity index (χ1n) is 8.59. The van der Waals surface area contributed by atoms with E-state index in [-0.39, 0.29) is 18.1 Å². The summed E-state index contributed by atoms with van der Waals surface area (Å²) < 4.78 is 0. The van der Waals surface area contributed by atoms with Crippen LogP contribution < -0.4 is 21.7 Å². The highest BCUT2D eigenvalue weighted by Crippen LogP contribution is 2.01. The minimum absolute atomic E-state index is 0.0142. The number of H-pyrrole nitrogens is 1. The molecule has 3 amide bonds. The van der Waals surface area contributed by atoms with Gasteiger partial charge >= 0.3 is 5.97 Å². The normalized spacial score (nSPS) is 14.0. The molecule has 0 bridgehead atoms. The summed E-state index contributed by atoms with van der Waals surface area (Å²) in [6.45, 7) is 2.86. The van der Waals surface area contributed by atoms with Crippen LogP contribution in [0.1, 0.15) is 19.5 Å². The Morgan fingerprint density at radius 1 is 1.25 bits per heavy atom. The molecule has 7 N–H and O–H groups in total. The van der Waals surface area contributed by atoms with Gasteiger partial charge in [0.25, 0.3) is 0 Å². The quantitative estimate of drug-likeness (QED) is 0.205. The first-order valence-corrected chi connectivity index (χ1v) is 9.22.